The second-order valence-electron chi connectivity index (χ2n) is 7.08. The zero-order chi connectivity index (χ0) is 22.5. The van der Waals surface area contributed by atoms with E-state index in [0.717, 1.165) is 11.1 Å². The fraction of sp³-hybridized carbons (Fsp3) is 0.261. The molecular formula is C23H25N3O4S. The van der Waals surface area contributed by atoms with Crippen LogP contribution in [0.5, 0.6) is 11.5 Å². The monoisotopic (exact) mass is 439 g/mol. The molecule has 0 unspecified atom stereocenters. The minimum atomic E-state index is -0.262. The first-order valence-corrected chi connectivity index (χ1v) is 10.5. The number of nitrogens with one attached hydrogen (secondary N) is 1. The van der Waals surface area contributed by atoms with E-state index in [4.69, 9.17) is 9.47 Å². The number of rotatable bonds is 7. The number of carbonyl (C=O) groups excluding carboxylic acids is 2. The largest absolute Gasteiger partial charge is 0.493 e. The van der Waals surface area contributed by atoms with Crippen LogP contribution >= 0.6 is 11.3 Å². The molecule has 0 aliphatic carbocycles. The zero-order valence-electron chi connectivity index (χ0n) is 18.2. The van der Waals surface area contributed by atoms with Crippen molar-refractivity contribution in [1.29, 1.82) is 0 Å². The summed E-state index contributed by atoms with van der Waals surface area (Å²) in [5.41, 5.74) is 3.24. The lowest BCUT2D eigenvalue weighted by molar-refractivity contribution is -0.116. The maximum absolute atomic E-state index is 12.9. The van der Waals surface area contributed by atoms with Crippen molar-refractivity contribution in [3.63, 3.8) is 0 Å². The van der Waals surface area contributed by atoms with Crippen molar-refractivity contribution in [2.75, 3.05) is 33.1 Å². The molecular weight excluding hydrogens is 414 g/mol. The number of anilines is 1. The number of benzene rings is 2. The van der Waals surface area contributed by atoms with Crippen LogP contribution in [0.25, 0.3) is 10.6 Å². The van der Waals surface area contributed by atoms with Gasteiger partial charge in [-0.25, -0.2) is 4.98 Å². The van der Waals surface area contributed by atoms with Gasteiger partial charge in [-0.05, 0) is 44.2 Å². The number of likely N-dealkylation sites (N-methyl/N-ethyl adjacent to an activating group) is 1. The molecule has 0 saturated heterocycles. The van der Waals surface area contributed by atoms with E-state index in [1.54, 1.807) is 34.3 Å². The van der Waals surface area contributed by atoms with E-state index in [2.05, 4.69) is 10.3 Å². The number of aryl methyl sites for hydroxylation is 2. The molecule has 7 nitrogen and oxygen atoms in total. The van der Waals surface area contributed by atoms with Crippen molar-refractivity contribution >= 4 is 28.8 Å². The van der Waals surface area contributed by atoms with Crippen LogP contribution in [0.4, 0.5) is 5.69 Å². The molecule has 1 aromatic heterocycles. The zero-order valence-corrected chi connectivity index (χ0v) is 19.0. The minimum Gasteiger partial charge on any atom is -0.493 e. The molecule has 162 valence electrons. The summed E-state index contributed by atoms with van der Waals surface area (Å²) in [7, 11) is 4.75. The molecule has 0 atom stereocenters. The van der Waals surface area contributed by atoms with Crippen molar-refractivity contribution in [3.05, 3.63) is 58.6 Å². The van der Waals surface area contributed by atoms with Crippen LogP contribution in [0.1, 0.15) is 20.9 Å². The van der Waals surface area contributed by atoms with E-state index < -0.39 is 0 Å². The summed E-state index contributed by atoms with van der Waals surface area (Å²) in [4.78, 5) is 31.7. The molecule has 0 saturated carbocycles. The number of nitrogens with zero attached hydrogens (tertiary/aromatic N) is 2. The Morgan fingerprint density at radius 3 is 2.35 bits per heavy atom. The van der Waals surface area contributed by atoms with Gasteiger partial charge in [0, 0.05) is 18.3 Å². The number of amides is 2. The standard InChI is InChI=1S/C23H25N3O4S/c1-14-6-9-17(10-7-14)25-20(27)13-26(3)23(28)21-15(2)24-22(31-21)16-8-11-18(29-4)19(12-16)30-5/h6-12H,13H2,1-5H3,(H,25,27). The Hall–Kier alpha value is -3.39. The number of ether oxygens (including phenoxy) is 2. The summed E-state index contributed by atoms with van der Waals surface area (Å²) in [5.74, 6) is 0.698. The molecule has 0 bridgehead atoms. The maximum atomic E-state index is 12.9. The summed E-state index contributed by atoms with van der Waals surface area (Å²) in [6.07, 6.45) is 0. The Balaban J connectivity index is 1.72. The second kappa shape index (κ2) is 9.61. The molecule has 31 heavy (non-hydrogen) atoms. The van der Waals surface area contributed by atoms with E-state index in [1.807, 2.05) is 43.3 Å². The summed E-state index contributed by atoms with van der Waals surface area (Å²) in [6.45, 7) is 3.70. The summed E-state index contributed by atoms with van der Waals surface area (Å²) in [6, 6.07) is 13.0. The van der Waals surface area contributed by atoms with E-state index in [-0.39, 0.29) is 18.4 Å². The third-order valence-corrected chi connectivity index (χ3v) is 5.88. The van der Waals surface area contributed by atoms with Gasteiger partial charge < -0.3 is 19.7 Å². The van der Waals surface area contributed by atoms with Gasteiger partial charge in [0.05, 0.1) is 26.5 Å². The summed E-state index contributed by atoms with van der Waals surface area (Å²) in [5, 5.41) is 3.50. The number of hydrogen-bond donors (Lipinski definition) is 1. The van der Waals surface area contributed by atoms with Gasteiger partial charge in [0.1, 0.15) is 9.88 Å². The first-order valence-electron chi connectivity index (χ1n) is 9.64. The second-order valence-corrected chi connectivity index (χ2v) is 8.08. The topological polar surface area (TPSA) is 80.8 Å². The third kappa shape index (κ3) is 5.21. The van der Waals surface area contributed by atoms with Gasteiger partial charge in [-0.15, -0.1) is 11.3 Å². The lowest BCUT2D eigenvalue weighted by Gasteiger charge is -2.16. The Labute approximate surface area is 185 Å². The van der Waals surface area contributed by atoms with E-state index in [1.165, 1.54) is 16.2 Å². The highest BCUT2D eigenvalue weighted by Gasteiger charge is 2.22. The third-order valence-electron chi connectivity index (χ3n) is 4.68. The predicted octanol–water partition coefficient (Wildman–Crippen LogP) is 4.15. The Morgan fingerprint density at radius 2 is 1.71 bits per heavy atom. The van der Waals surface area contributed by atoms with Gasteiger partial charge in [-0.2, -0.15) is 0 Å². The van der Waals surface area contributed by atoms with Crippen LogP contribution in [0.15, 0.2) is 42.5 Å². The molecule has 0 aliphatic heterocycles. The average molecular weight is 440 g/mol. The van der Waals surface area contributed by atoms with Gasteiger partial charge in [0.2, 0.25) is 5.91 Å². The fourth-order valence-electron chi connectivity index (χ4n) is 2.99. The smallest absolute Gasteiger partial charge is 0.266 e. The molecule has 0 aliphatic rings. The quantitative estimate of drug-likeness (QED) is 0.598. The Morgan fingerprint density at radius 1 is 1.03 bits per heavy atom. The average Bonchev–Trinajstić information content (AvgIpc) is 3.15. The van der Waals surface area contributed by atoms with Crippen LogP contribution < -0.4 is 14.8 Å². The van der Waals surface area contributed by atoms with Crippen molar-refractivity contribution in [3.8, 4) is 22.1 Å². The highest BCUT2D eigenvalue weighted by molar-refractivity contribution is 7.17. The van der Waals surface area contributed by atoms with E-state index in [0.29, 0.717) is 32.8 Å². The fourth-order valence-corrected chi connectivity index (χ4v) is 4.04. The number of carbonyl (C=O) groups is 2. The molecule has 3 rings (SSSR count). The van der Waals surface area contributed by atoms with Gasteiger partial charge in [0.25, 0.3) is 5.91 Å². The van der Waals surface area contributed by atoms with Crippen molar-refractivity contribution < 1.29 is 19.1 Å². The molecule has 1 heterocycles. The Kier molecular flexibility index (Phi) is 6.91. The highest BCUT2D eigenvalue weighted by atomic mass is 32.1. The van der Waals surface area contributed by atoms with Crippen LogP contribution in [0.2, 0.25) is 0 Å². The minimum absolute atomic E-state index is 0.0598. The van der Waals surface area contributed by atoms with Gasteiger partial charge in [-0.1, -0.05) is 17.7 Å². The molecule has 1 N–H and O–H groups in total. The van der Waals surface area contributed by atoms with Crippen LogP contribution in [0, 0.1) is 13.8 Å². The maximum Gasteiger partial charge on any atom is 0.266 e. The molecule has 0 fully saturated rings. The Bertz CT molecular complexity index is 1090. The molecule has 2 aromatic carbocycles. The van der Waals surface area contributed by atoms with Crippen LogP contribution in [0.3, 0.4) is 0 Å². The van der Waals surface area contributed by atoms with Crippen molar-refractivity contribution in [2.24, 2.45) is 0 Å². The molecule has 0 radical (unpaired) electrons. The summed E-state index contributed by atoms with van der Waals surface area (Å²) < 4.78 is 10.6. The van der Waals surface area contributed by atoms with E-state index >= 15 is 0 Å². The highest BCUT2D eigenvalue weighted by Crippen LogP contribution is 2.35. The van der Waals surface area contributed by atoms with Gasteiger partial charge >= 0.3 is 0 Å². The van der Waals surface area contributed by atoms with Gasteiger partial charge in [-0.3, -0.25) is 9.59 Å². The number of aromatic nitrogens is 1. The molecule has 8 heteroatoms. The number of methoxy groups -OCH3 is 2. The normalized spacial score (nSPS) is 10.5. The SMILES string of the molecule is COc1ccc(-c2nc(C)c(C(=O)N(C)CC(=O)Nc3ccc(C)cc3)s2)cc1OC. The lowest BCUT2D eigenvalue weighted by atomic mass is 10.2. The molecule has 0 spiro atoms. The first-order chi connectivity index (χ1) is 14.8. The van der Waals surface area contributed by atoms with Crippen molar-refractivity contribution in [1.82, 2.24) is 9.88 Å². The number of thiazole rings is 1. The first kappa shape index (κ1) is 22.3. The summed E-state index contributed by atoms with van der Waals surface area (Å²) >= 11 is 1.28. The molecule has 2 amide bonds. The lowest BCUT2D eigenvalue weighted by Crippen LogP contribution is -2.34. The predicted molar refractivity (Wildman–Crippen MR) is 122 cm³/mol. The number of hydrogen-bond acceptors (Lipinski definition) is 6. The van der Waals surface area contributed by atoms with E-state index in [9.17, 15) is 9.59 Å². The molecule has 3 aromatic rings. The van der Waals surface area contributed by atoms with Gasteiger partial charge in [0.15, 0.2) is 11.5 Å². The van der Waals surface area contributed by atoms with Crippen LogP contribution in [-0.2, 0) is 4.79 Å². The van der Waals surface area contributed by atoms with Crippen LogP contribution in [-0.4, -0.2) is 49.5 Å². The van der Waals surface area contributed by atoms with Crippen molar-refractivity contribution in [2.45, 2.75) is 13.8 Å².